The molecule has 0 fully saturated rings. The maximum absolute atomic E-state index is 12.8. The van der Waals surface area contributed by atoms with Gasteiger partial charge in [0.05, 0.1) is 22.7 Å². The Labute approximate surface area is 226 Å². The number of sulfonamides is 1. The first-order valence-electron chi connectivity index (χ1n) is 9.99. The average Bonchev–Trinajstić information content (AvgIpc) is 2.81. The fraction of sp³-hybridized carbons (Fsp3) is 0.190. The first-order chi connectivity index (χ1) is 17.8. The third-order valence-electron chi connectivity index (χ3n) is 4.49. The lowest BCUT2D eigenvalue weighted by atomic mass is 10.1. The molecule has 2 aromatic carbocycles. The van der Waals surface area contributed by atoms with Gasteiger partial charge in [-0.05, 0) is 42.5 Å². The van der Waals surface area contributed by atoms with Crippen LogP contribution < -0.4 is 20.1 Å². The number of anilines is 1. The molecule has 3 amide bonds. The van der Waals surface area contributed by atoms with Crippen molar-refractivity contribution < 1.29 is 53.9 Å². The number of hydrogen-bond acceptors (Lipinski definition) is 6. The van der Waals surface area contributed by atoms with E-state index in [2.05, 4.69) is 0 Å². The summed E-state index contributed by atoms with van der Waals surface area (Å²) in [6.07, 6.45) is -9.78. The van der Waals surface area contributed by atoms with Gasteiger partial charge in [0.25, 0.3) is 15.9 Å². The number of benzene rings is 2. The topological polar surface area (TPSA) is 131 Å². The highest BCUT2D eigenvalue weighted by Gasteiger charge is 2.40. The van der Waals surface area contributed by atoms with Crippen molar-refractivity contribution in [1.82, 2.24) is 10.0 Å². The summed E-state index contributed by atoms with van der Waals surface area (Å²) in [4.78, 5) is 34.5. The van der Waals surface area contributed by atoms with Crippen molar-refractivity contribution in [2.45, 2.75) is 17.2 Å². The van der Waals surface area contributed by atoms with E-state index in [1.165, 1.54) is 40.7 Å². The van der Waals surface area contributed by atoms with E-state index in [4.69, 9.17) is 27.9 Å². The number of alkyl halides is 6. The Kier molecular flexibility index (Phi) is 9.86. The van der Waals surface area contributed by atoms with Crippen LogP contribution in [0.25, 0.3) is 6.08 Å². The van der Waals surface area contributed by atoms with Crippen LogP contribution in [0.15, 0.2) is 46.9 Å². The van der Waals surface area contributed by atoms with Crippen LogP contribution in [-0.4, -0.2) is 52.1 Å². The van der Waals surface area contributed by atoms with Crippen LogP contribution in [0, 0.1) is 0 Å². The van der Waals surface area contributed by atoms with E-state index in [1.54, 1.807) is 0 Å². The van der Waals surface area contributed by atoms with Gasteiger partial charge in [-0.2, -0.15) is 26.3 Å². The molecule has 2 rings (SSSR count). The van der Waals surface area contributed by atoms with Crippen molar-refractivity contribution in [1.29, 1.82) is 0 Å². The monoisotopic (exact) mass is 621 g/mol. The predicted octanol–water partition coefficient (Wildman–Crippen LogP) is 4.07. The molecular weight excluding hydrogens is 607 g/mol. The molecule has 0 heterocycles. The van der Waals surface area contributed by atoms with Gasteiger partial charge in [0, 0.05) is 22.7 Å². The Balaban J connectivity index is 2.45. The molecule has 3 N–H and O–H groups in total. The third-order valence-corrected chi connectivity index (χ3v) is 6.38. The van der Waals surface area contributed by atoms with Gasteiger partial charge in [-0.3, -0.25) is 14.4 Å². The first-order valence-corrected chi connectivity index (χ1v) is 12.2. The van der Waals surface area contributed by atoms with Gasteiger partial charge in [0.1, 0.15) is 5.75 Å². The lowest BCUT2D eigenvalue weighted by Crippen LogP contribution is -2.41. The summed E-state index contributed by atoms with van der Waals surface area (Å²) in [5.41, 5.74) is -1.49. The van der Waals surface area contributed by atoms with E-state index < -0.39 is 67.8 Å². The Bertz CT molecular complexity index is 1430. The molecule has 0 aromatic heterocycles. The van der Waals surface area contributed by atoms with E-state index in [-0.39, 0.29) is 16.3 Å². The number of hydrogen-bond donors (Lipinski definition) is 3. The van der Waals surface area contributed by atoms with Crippen LogP contribution in [-0.2, 0) is 24.4 Å². The zero-order valence-corrected chi connectivity index (χ0v) is 21.5. The highest BCUT2D eigenvalue weighted by atomic mass is 35.5. The molecule has 0 saturated carbocycles. The highest BCUT2D eigenvalue weighted by molar-refractivity contribution is 7.90. The minimum atomic E-state index is -5.34. The third kappa shape index (κ3) is 8.76. The summed E-state index contributed by atoms with van der Waals surface area (Å²) in [5.74, 6) is -6.37. The van der Waals surface area contributed by atoms with E-state index in [1.807, 2.05) is 0 Å². The molecule has 18 heteroatoms. The maximum atomic E-state index is 12.8. The number of amides is 3. The quantitative estimate of drug-likeness (QED) is 0.301. The van der Waals surface area contributed by atoms with Crippen molar-refractivity contribution in [3.8, 4) is 5.75 Å². The molecule has 0 radical (unpaired) electrons. The number of nitrogens with one attached hydrogen (secondary N) is 3. The van der Waals surface area contributed by atoms with Crippen LogP contribution in [0.2, 0.25) is 10.0 Å². The van der Waals surface area contributed by atoms with Crippen LogP contribution in [0.5, 0.6) is 5.75 Å². The van der Waals surface area contributed by atoms with Crippen molar-refractivity contribution in [3.05, 3.63) is 57.6 Å². The van der Waals surface area contributed by atoms with E-state index in [9.17, 15) is 49.1 Å². The second kappa shape index (κ2) is 12.1. The first kappa shape index (κ1) is 31.7. The van der Waals surface area contributed by atoms with Crippen LogP contribution in [0.1, 0.15) is 5.56 Å². The molecule has 39 heavy (non-hydrogen) atoms. The Morgan fingerprint density at radius 1 is 0.949 bits per heavy atom. The van der Waals surface area contributed by atoms with Gasteiger partial charge >= 0.3 is 24.2 Å². The standard InChI is InChI=1S/C21H15Cl2F6N3O6S/c1-38-16-5-2-12(22)7-10(16)6-11(9-30-18(34)20(24,25)26)17(33)32-39(36,37)13-3-4-14(23)15(8-13)31-19(35)21(27,28)29/h2-8H,9H2,1H3,(H,30,34)(H,31,35)(H,32,33)/b11-6+. The van der Waals surface area contributed by atoms with Gasteiger partial charge < -0.3 is 15.4 Å². The van der Waals surface area contributed by atoms with Gasteiger partial charge in [0.15, 0.2) is 0 Å². The van der Waals surface area contributed by atoms with Gasteiger partial charge in [0.2, 0.25) is 0 Å². The molecule has 0 spiro atoms. The lowest BCUT2D eigenvalue weighted by molar-refractivity contribution is -0.173. The summed E-state index contributed by atoms with van der Waals surface area (Å²) in [6, 6.07) is 6.03. The summed E-state index contributed by atoms with van der Waals surface area (Å²) in [7, 11) is -3.71. The Morgan fingerprint density at radius 3 is 2.13 bits per heavy atom. The largest absolute Gasteiger partial charge is 0.496 e. The molecule has 0 saturated heterocycles. The summed E-state index contributed by atoms with van der Waals surface area (Å²) < 4.78 is 108. The summed E-state index contributed by atoms with van der Waals surface area (Å²) in [5, 5.41) is 2.41. The number of halogens is 8. The van der Waals surface area contributed by atoms with Crippen molar-refractivity contribution in [3.63, 3.8) is 0 Å². The van der Waals surface area contributed by atoms with Crippen LogP contribution in [0.3, 0.4) is 0 Å². The number of carbonyl (C=O) groups is 3. The normalized spacial score (nSPS) is 12.5. The smallest absolute Gasteiger partial charge is 0.471 e. The van der Waals surface area contributed by atoms with E-state index in [0.29, 0.717) is 6.07 Å². The highest BCUT2D eigenvalue weighted by Crippen LogP contribution is 2.28. The second-order valence-electron chi connectivity index (χ2n) is 7.26. The zero-order valence-electron chi connectivity index (χ0n) is 19.1. The second-order valence-corrected chi connectivity index (χ2v) is 9.79. The maximum Gasteiger partial charge on any atom is 0.471 e. The molecule has 212 valence electrons. The molecule has 0 bridgehead atoms. The predicted molar refractivity (Wildman–Crippen MR) is 127 cm³/mol. The number of carbonyl (C=O) groups excluding carboxylic acids is 3. The van der Waals surface area contributed by atoms with Crippen molar-refractivity contribution in [2.75, 3.05) is 19.0 Å². The van der Waals surface area contributed by atoms with Gasteiger partial charge in [-0.25, -0.2) is 13.1 Å². The molecule has 0 aliphatic heterocycles. The fourth-order valence-corrected chi connectivity index (χ4v) is 4.04. The van der Waals surface area contributed by atoms with Gasteiger partial charge in [-0.15, -0.1) is 0 Å². The molecule has 0 aliphatic carbocycles. The van der Waals surface area contributed by atoms with Crippen LogP contribution >= 0.6 is 23.2 Å². The molecule has 2 aromatic rings. The average molecular weight is 622 g/mol. The molecule has 0 aliphatic rings. The zero-order chi connectivity index (χ0) is 29.8. The van der Waals surface area contributed by atoms with E-state index >= 15 is 0 Å². The van der Waals surface area contributed by atoms with Crippen LogP contribution in [0.4, 0.5) is 32.0 Å². The van der Waals surface area contributed by atoms with E-state index in [0.717, 1.165) is 18.2 Å². The number of ether oxygens (including phenoxy) is 1. The SMILES string of the molecule is COc1ccc(Cl)cc1/C=C(\CNC(=O)C(F)(F)F)C(=O)NS(=O)(=O)c1ccc(Cl)c(NC(=O)C(F)(F)F)c1. The molecule has 9 nitrogen and oxygen atoms in total. The summed E-state index contributed by atoms with van der Waals surface area (Å²) in [6.45, 7) is -1.12. The minimum Gasteiger partial charge on any atom is -0.496 e. The molecular formula is C21H15Cl2F6N3O6S. The lowest BCUT2D eigenvalue weighted by Gasteiger charge is -2.14. The van der Waals surface area contributed by atoms with Crippen molar-refractivity contribution >= 4 is 62.7 Å². The Hall–Kier alpha value is -3.50. The van der Waals surface area contributed by atoms with Gasteiger partial charge in [-0.1, -0.05) is 23.2 Å². The Morgan fingerprint density at radius 2 is 1.56 bits per heavy atom. The number of methoxy groups -OCH3 is 1. The molecule has 0 atom stereocenters. The fourth-order valence-electron chi connectivity index (χ4n) is 2.69. The number of rotatable bonds is 8. The minimum absolute atomic E-state index is 0.0115. The summed E-state index contributed by atoms with van der Waals surface area (Å²) >= 11 is 11.6. The van der Waals surface area contributed by atoms with Crippen molar-refractivity contribution in [2.24, 2.45) is 0 Å². The molecule has 0 unspecified atom stereocenters.